The van der Waals surface area contributed by atoms with Crippen LogP contribution in [0, 0.1) is 0 Å². The molecule has 1 amide bonds. The van der Waals surface area contributed by atoms with Gasteiger partial charge in [-0.05, 0) is 36.2 Å². The molecule has 0 heterocycles. The fourth-order valence-corrected chi connectivity index (χ4v) is 1.81. The molecule has 2 aromatic carbocycles. The minimum atomic E-state index is -0.328. The number of hydrogen-bond donors (Lipinski definition) is 1. The molecule has 16 heavy (non-hydrogen) atoms. The SMILES string of the molecule is CC(C)(NC=O)c1ccc2ccccc2c1. The maximum atomic E-state index is 10.5. The second-order valence-corrected chi connectivity index (χ2v) is 4.45. The number of carbonyl (C=O) groups excluding carboxylic acids is 1. The van der Waals surface area contributed by atoms with Crippen LogP contribution in [0.2, 0.25) is 0 Å². The summed E-state index contributed by atoms with van der Waals surface area (Å²) in [6, 6.07) is 14.5. The van der Waals surface area contributed by atoms with Gasteiger partial charge in [-0.1, -0.05) is 36.4 Å². The molecular weight excluding hydrogens is 198 g/mol. The highest BCUT2D eigenvalue weighted by molar-refractivity contribution is 5.83. The van der Waals surface area contributed by atoms with E-state index in [-0.39, 0.29) is 5.54 Å². The van der Waals surface area contributed by atoms with Gasteiger partial charge in [0, 0.05) is 0 Å². The first-order valence-corrected chi connectivity index (χ1v) is 5.34. The zero-order valence-electron chi connectivity index (χ0n) is 9.53. The van der Waals surface area contributed by atoms with Gasteiger partial charge in [0.05, 0.1) is 5.54 Å². The Labute approximate surface area is 95.3 Å². The van der Waals surface area contributed by atoms with E-state index in [1.54, 1.807) is 0 Å². The van der Waals surface area contributed by atoms with Crippen molar-refractivity contribution in [1.82, 2.24) is 5.32 Å². The Morgan fingerprint density at radius 2 is 1.75 bits per heavy atom. The van der Waals surface area contributed by atoms with E-state index in [0.29, 0.717) is 0 Å². The molecule has 0 bridgehead atoms. The topological polar surface area (TPSA) is 29.1 Å². The summed E-state index contributed by atoms with van der Waals surface area (Å²) >= 11 is 0. The lowest BCUT2D eigenvalue weighted by Crippen LogP contribution is -2.35. The Morgan fingerprint density at radius 1 is 1.06 bits per heavy atom. The summed E-state index contributed by atoms with van der Waals surface area (Å²) in [5.74, 6) is 0. The van der Waals surface area contributed by atoms with Crippen LogP contribution in [-0.2, 0) is 10.3 Å². The van der Waals surface area contributed by atoms with Gasteiger partial charge in [-0.2, -0.15) is 0 Å². The summed E-state index contributed by atoms with van der Waals surface area (Å²) in [4.78, 5) is 10.5. The van der Waals surface area contributed by atoms with Crippen LogP contribution in [0.1, 0.15) is 19.4 Å². The standard InChI is InChI=1S/C14H15NO/c1-14(2,15-10-16)13-8-7-11-5-3-4-6-12(11)9-13/h3-10H,1-2H3,(H,15,16). The molecule has 2 heteroatoms. The molecule has 0 spiro atoms. The van der Waals surface area contributed by atoms with E-state index in [1.807, 2.05) is 26.0 Å². The fraction of sp³-hybridized carbons (Fsp3) is 0.214. The minimum Gasteiger partial charge on any atom is -0.350 e. The monoisotopic (exact) mass is 213 g/mol. The maximum absolute atomic E-state index is 10.5. The molecule has 0 radical (unpaired) electrons. The number of hydrogen-bond acceptors (Lipinski definition) is 1. The van der Waals surface area contributed by atoms with Crippen LogP contribution in [-0.4, -0.2) is 6.41 Å². The Bertz CT molecular complexity index is 517. The van der Waals surface area contributed by atoms with Crippen LogP contribution < -0.4 is 5.32 Å². The number of benzene rings is 2. The van der Waals surface area contributed by atoms with Gasteiger partial charge in [0.15, 0.2) is 0 Å². The third-order valence-corrected chi connectivity index (χ3v) is 2.89. The molecule has 0 saturated carbocycles. The van der Waals surface area contributed by atoms with Crippen LogP contribution in [0.3, 0.4) is 0 Å². The summed E-state index contributed by atoms with van der Waals surface area (Å²) in [6.45, 7) is 3.98. The number of nitrogens with one attached hydrogen (secondary N) is 1. The van der Waals surface area contributed by atoms with E-state index >= 15 is 0 Å². The van der Waals surface area contributed by atoms with Crippen molar-refractivity contribution < 1.29 is 4.79 Å². The van der Waals surface area contributed by atoms with E-state index in [9.17, 15) is 4.79 Å². The average molecular weight is 213 g/mol. The smallest absolute Gasteiger partial charge is 0.207 e. The molecule has 0 aliphatic carbocycles. The molecule has 2 rings (SSSR count). The van der Waals surface area contributed by atoms with Crippen LogP contribution in [0.4, 0.5) is 0 Å². The van der Waals surface area contributed by atoms with Crippen LogP contribution >= 0.6 is 0 Å². The van der Waals surface area contributed by atoms with Crippen molar-refractivity contribution in [3.63, 3.8) is 0 Å². The third kappa shape index (κ3) is 1.91. The Balaban J connectivity index is 2.50. The number of amides is 1. The van der Waals surface area contributed by atoms with E-state index < -0.39 is 0 Å². The molecule has 82 valence electrons. The van der Waals surface area contributed by atoms with Crippen LogP contribution in [0.5, 0.6) is 0 Å². The molecule has 0 unspecified atom stereocenters. The summed E-state index contributed by atoms with van der Waals surface area (Å²) < 4.78 is 0. The van der Waals surface area contributed by atoms with Gasteiger partial charge in [0.25, 0.3) is 0 Å². The van der Waals surface area contributed by atoms with E-state index in [2.05, 4.69) is 35.6 Å². The van der Waals surface area contributed by atoms with E-state index in [4.69, 9.17) is 0 Å². The molecular formula is C14H15NO. The largest absolute Gasteiger partial charge is 0.350 e. The van der Waals surface area contributed by atoms with Gasteiger partial charge in [0.1, 0.15) is 0 Å². The van der Waals surface area contributed by atoms with Crippen LogP contribution in [0.25, 0.3) is 10.8 Å². The minimum absolute atomic E-state index is 0.328. The molecule has 0 aromatic heterocycles. The quantitative estimate of drug-likeness (QED) is 0.780. The first kappa shape index (κ1) is 10.7. The summed E-state index contributed by atoms with van der Waals surface area (Å²) in [5, 5.41) is 5.23. The van der Waals surface area contributed by atoms with Crippen molar-refractivity contribution in [1.29, 1.82) is 0 Å². The number of carbonyl (C=O) groups is 1. The molecule has 0 atom stereocenters. The first-order chi connectivity index (χ1) is 7.63. The summed E-state index contributed by atoms with van der Waals surface area (Å²) in [7, 11) is 0. The highest BCUT2D eigenvalue weighted by atomic mass is 16.1. The predicted octanol–water partition coefficient (Wildman–Crippen LogP) is 2.82. The zero-order valence-corrected chi connectivity index (χ0v) is 9.53. The average Bonchev–Trinajstić information content (AvgIpc) is 2.28. The molecule has 0 aliphatic rings. The molecule has 0 fully saturated rings. The highest BCUT2D eigenvalue weighted by Crippen LogP contribution is 2.24. The van der Waals surface area contributed by atoms with Gasteiger partial charge in [-0.25, -0.2) is 0 Å². The number of fused-ring (bicyclic) bond motifs is 1. The Morgan fingerprint density at radius 3 is 2.44 bits per heavy atom. The maximum Gasteiger partial charge on any atom is 0.207 e. The van der Waals surface area contributed by atoms with Crippen molar-refractivity contribution in [2.24, 2.45) is 0 Å². The van der Waals surface area contributed by atoms with Crippen LogP contribution in [0.15, 0.2) is 42.5 Å². The van der Waals surface area contributed by atoms with Crippen molar-refractivity contribution in [3.05, 3.63) is 48.0 Å². The van der Waals surface area contributed by atoms with Gasteiger partial charge >= 0.3 is 0 Å². The van der Waals surface area contributed by atoms with E-state index in [1.165, 1.54) is 10.8 Å². The lowest BCUT2D eigenvalue weighted by atomic mass is 9.92. The van der Waals surface area contributed by atoms with Gasteiger partial charge in [-0.15, -0.1) is 0 Å². The second kappa shape index (κ2) is 3.97. The normalized spacial score (nSPS) is 11.4. The lowest BCUT2D eigenvalue weighted by molar-refractivity contribution is -0.111. The Hall–Kier alpha value is -1.83. The zero-order chi connectivity index (χ0) is 11.6. The molecule has 2 aromatic rings. The van der Waals surface area contributed by atoms with Crippen molar-refractivity contribution >= 4 is 17.2 Å². The molecule has 1 N–H and O–H groups in total. The summed E-state index contributed by atoms with van der Waals surface area (Å²) in [6.07, 6.45) is 0.745. The first-order valence-electron chi connectivity index (χ1n) is 5.34. The molecule has 0 aliphatic heterocycles. The summed E-state index contributed by atoms with van der Waals surface area (Å²) in [5.41, 5.74) is 0.782. The second-order valence-electron chi connectivity index (χ2n) is 4.45. The fourth-order valence-electron chi connectivity index (χ4n) is 1.81. The number of rotatable bonds is 3. The van der Waals surface area contributed by atoms with Crippen molar-refractivity contribution in [3.8, 4) is 0 Å². The third-order valence-electron chi connectivity index (χ3n) is 2.89. The Kier molecular flexibility index (Phi) is 2.65. The van der Waals surface area contributed by atoms with Crippen molar-refractivity contribution in [2.75, 3.05) is 0 Å². The highest BCUT2D eigenvalue weighted by Gasteiger charge is 2.18. The van der Waals surface area contributed by atoms with Crippen molar-refractivity contribution in [2.45, 2.75) is 19.4 Å². The predicted molar refractivity (Wildman–Crippen MR) is 66.2 cm³/mol. The van der Waals surface area contributed by atoms with Gasteiger partial charge < -0.3 is 5.32 Å². The lowest BCUT2D eigenvalue weighted by Gasteiger charge is -2.24. The van der Waals surface area contributed by atoms with E-state index in [0.717, 1.165) is 12.0 Å². The van der Waals surface area contributed by atoms with Gasteiger partial charge in [0.2, 0.25) is 6.41 Å². The molecule has 0 saturated heterocycles. The van der Waals surface area contributed by atoms with Gasteiger partial charge in [-0.3, -0.25) is 4.79 Å². The molecule has 2 nitrogen and oxygen atoms in total.